The summed E-state index contributed by atoms with van der Waals surface area (Å²) in [6.45, 7) is 11.8. The molecule has 0 unspecified atom stereocenters. The zero-order chi connectivity index (χ0) is 35.5. The van der Waals surface area contributed by atoms with Crippen molar-refractivity contribution >= 4 is 39.1 Å². The third-order valence-electron chi connectivity index (χ3n) is 9.31. The number of fused-ring (bicyclic) bond motifs is 2. The number of carboxylic acid groups (broad SMARTS) is 1. The van der Waals surface area contributed by atoms with E-state index in [-0.39, 0.29) is 12.3 Å². The van der Waals surface area contributed by atoms with Crippen molar-refractivity contribution in [3.8, 4) is 0 Å². The van der Waals surface area contributed by atoms with Crippen molar-refractivity contribution in [2.24, 2.45) is 0 Å². The van der Waals surface area contributed by atoms with Crippen LogP contribution in [0.5, 0.6) is 0 Å². The number of amides is 1. The highest BCUT2D eigenvalue weighted by molar-refractivity contribution is 6.05. The average molecular weight is 673 g/mol. The maximum Gasteiger partial charge on any atom is 0.304 e. The van der Waals surface area contributed by atoms with Gasteiger partial charge in [0.1, 0.15) is 0 Å². The standard InChI is InChI=1S/C42H48N4O4/c1-4-31-14-5-6-15-32(31)26-46(25-22-41(47)48)29-39-36-19-10-8-17-34(36)38(35-18-9-11-20-37(35)39)28-45(24-13-23-43-42(49)30(2)3)27-33-16-7-12-21-40(33)44-50/h5-12,14-21,44,50H,2,4,13,22-29H2,1,3H3,(H,43,49)(H,47,48). The lowest BCUT2D eigenvalue weighted by Gasteiger charge is -2.28. The molecule has 0 aliphatic rings. The summed E-state index contributed by atoms with van der Waals surface area (Å²) in [5.74, 6) is -0.948. The van der Waals surface area contributed by atoms with E-state index in [2.05, 4.69) is 107 Å². The summed E-state index contributed by atoms with van der Waals surface area (Å²) in [5.41, 5.74) is 9.34. The summed E-state index contributed by atoms with van der Waals surface area (Å²) in [6, 6.07) is 33.2. The summed E-state index contributed by atoms with van der Waals surface area (Å²) >= 11 is 0. The lowest BCUT2D eigenvalue weighted by Crippen LogP contribution is -2.30. The Kier molecular flexibility index (Phi) is 12.8. The van der Waals surface area contributed by atoms with Crippen LogP contribution in [0.3, 0.4) is 0 Å². The monoisotopic (exact) mass is 672 g/mol. The van der Waals surface area contributed by atoms with E-state index in [4.69, 9.17) is 0 Å². The fourth-order valence-corrected chi connectivity index (χ4v) is 6.74. The van der Waals surface area contributed by atoms with E-state index in [1.807, 2.05) is 24.3 Å². The highest BCUT2D eigenvalue weighted by Crippen LogP contribution is 2.35. The Labute approximate surface area is 295 Å². The van der Waals surface area contributed by atoms with E-state index in [1.165, 1.54) is 22.3 Å². The van der Waals surface area contributed by atoms with Gasteiger partial charge in [-0.15, -0.1) is 0 Å². The lowest BCUT2D eigenvalue weighted by molar-refractivity contribution is -0.137. The van der Waals surface area contributed by atoms with Crippen molar-refractivity contribution < 1.29 is 19.9 Å². The third-order valence-corrected chi connectivity index (χ3v) is 9.31. The topological polar surface area (TPSA) is 105 Å². The van der Waals surface area contributed by atoms with Crippen LogP contribution >= 0.6 is 0 Å². The number of carbonyl (C=O) groups excluding carboxylic acids is 1. The molecule has 5 aromatic rings. The molecular formula is C42H48N4O4. The Hall–Kier alpha value is -5.02. The van der Waals surface area contributed by atoms with Crippen molar-refractivity contribution in [1.82, 2.24) is 15.1 Å². The molecule has 0 aliphatic heterocycles. The zero-order valence-electron chi connectivity index (χ0n) is 29.1. The van der Waals surface area contributed by atoms with Crippen LogP contribution in [0.2, 0.25) is 0 Å². The number of benzene rings is 5. The number of carbonyl (C=O) groups is 2. The van der Waals surface area contributed by atoms with Crippen LogP contribution in [-0.4, -0.2) is 51.6 Å². The Morgan fingerprint density at radius 3 is 1.68 bits per heavy atom. The zero-order valence-corrected chi connectivity index (χ0v) is 29.1. The Balaban J connectivity index is 1.54. The largest absolute Gasteiger partial charge is 0.481 e. The molecule has 260 valence electrons. The van der Waals surface area contributed by atoms with Gasteiger partial charge >= 0.3 is 5.97 Å². The van der Waals surface area contributed by atoms with E-state index in [0.717, 1.165) is 39.9 Å². The van der Waals surface area contributed by atoms with E-state index in [0.29, 0.717) is 57.1 Å². The number of para-hydroxylation sites is 1. The molecule has 0 atom stereocenters. The first-order chi connectivity index (χ1) is 24.3. The maximum atomic E-state index is 12.2. The Bertz CT molecular complexity index is 1900. The number of hydrogen-bond donors (Lipinski definition) is 4. The molecule has 1 amide bonds. The second-order valence-corrected chi connectivity index (χ2v) is 12.9. The molecule has 5 aromatic carbocycles. The van der Waals surface area contributed by atoms with Crippen LogP contribution in [-0.2, 0) is 42.2 Å². The summed E-state index contributed by atoms with van der Waals surface area (Å²) in [6.07, 6.45) is 1.72. The number of hydrogen-bond acceptors (Lipinski definition) is 6. The fraction of sp³-hybridized carbons (Fsp3) is 0.286. The van der Waals surface area contributed by atoms with Gasteiger partial charge in [0.25, 0.3) is 0 Å². The predicted octanol–water partition coefficient (Wildman–Crippen LogP) is 7.92. The first-order valence-corrected chi connectivity index (χ1v) is 17.3. The van der Waals surface area contributed by atoms with Crippen molar-refractivity contribution in [2.75, 3.05) is 25.1 Å². The normalized spacial score (nSPS) is 11.4. The van der Waals surface area contributed by atoms with Gasteiger partial charge < -0.3 is 10.4 Å². The number of aryl methyl sites for hydroxylation is 1. The van der Waals surface area contributed by atoms with E-state index in [1.54, 1.807) is 6.92 Å². The molecule has 0 bridgehead atoms. The minimum absolute atomic E-state index is 0.0637. The first kappa shape index (κ1) is 36.3. The quantitative estimate of drug-likeness (QED) is 0.0325. The Morgan fingerprint density at radius 1 is 0.680 bits per heavy atom. The number of carboxylic acids is 1. The van der Waals surface area contributed by atoms with Gasteiger partial charge in [0.15, 0.2) is 0 Å². The Morgan fingerprint density at radius 2 is 1.16 bits per heavy atom. The molecule has 0 fully saturated rings. The van der Waals surface area contributed by atoms with E-state index in [9.17, 15) is 19.9 Å². The molecule has 0 saturated heterocycles. The van der Waals surface area contributed by atoms with Gasteiger partial charge in [0.05, 0.1) is 12.1 Å². The molecule has 0 aromatic heterocycles. The number of rotatable bonds is 18. The molecule has 0 spiro atoms. The summed E-state index contributed by atoms with van der Waals surface area (Å²) in [4.78, 5) is 28.6. The van der Waals surface area contributed by atoms with Gasteiger partial charge in [-0.1, -0.05) is 104 Å². The fourth-order valence-electron chi connectivity index (χ4n) is 6.74. The summed E-state index contributed by atoms with van der Waals surface area (Å²) in [7, 11) is 0. The molecule has 8 nitrogen and oxygen atoms in total. The van der Waals surface area contributed by atoms with Crippen molar-refractivity contribution in [2.45, 2.75) is 59.3 Å². The average Bonchev–Trinajstić information content (AvgIpc) is 3.13. The number of nitrogens with one attached hydrogen (secondary N) is 2. The van der Waals surface area contributed by atoms with Crippen LogP contribution in [0.4, 0.5) is 5.69 Å². The van der Waals surface area contributed by atoms with Crippen molar-refractivity contribution in [3.05, 3.63) is 137 Å². The molecule has 0 saturated carbocycles. The first-order valence-electron chi connectivity index (χ1n) is 17.3. The molecule has 8 heteroatoms. The van der Waals surface area contributed by atoms with Gasteiger partial charge in [-0.05, 0) is 75.2 Å². The van der Waals surface area contributed by atoms with Crippen molar-refractivity contribution in [1.29, 1.82) is 0 Å². The maximum absolute atomic E-state index is 12.2. The number of anilines is 1. The molecule has 0 aliphatic carbocycles. The highest BCUT2D eigenvalue weighted by Gasteiger charge is 2.20. The SMILES string of the molecule is C=C(C)C(=O)NCCCN(Cc1ccccc1NO)Cc1c2ccccc2c(CN(CCC(=O)O)Cc2ccccc2CC)c2ccccc12. The van der Waals surface area contributed by atoms with Crippen LogP contribution in [0.25, 0.3) is 21.5 Å². The van der Waals surface area contributed by atoms with Gasteiger partial charge in [0.2, 0.25) is 5.91 Å². The number of aliphatic carboxylic acids is 1. The van der Waals surface area contributed by atoms with Gasteiger partial charge in [0, 0.05) is 51.4 Å². The minimum Gasteiger partial charge on any atom is -0.481 e. The predicted molar refractivity (Wildman–Crippen MR) is 202 cm³/mol. The molecule has 50 heavy (non-hydrogen) atoms. The van der Waals surface area contributed by atoms with Gasteiger partial charge in [-0.25, -0.2) is 0 Å². The molecule has 0 radical (unpaired) electrons. The van der Waals surface area contributed by atoms with E-state index < -0.39 is 5.97 Å². The molecule has 5 rings (SSSR count). The lowest BCUT2D eigenvalue weighted by atomic mass is 9.90. The summed E-state index contributed by atoms with van der Waals surface area (Å²) in [5, 5.41) is 27.1. The second kappa shape index (κ2) is 17.6. The smallest absolute Gasteiger partial charge is 0.304 e. The minimum atomic E-state index is -0.805. The van der Waals surface area contributed by atoms with Crippen LogP contribution in [0, 0.1) is 0 Å². The van der Waals surface area contributed by atoms with Gasteiger partial charge in [-0.3, -0.25) is 30.1 Å². The molecular weight excluding hydrogens is 624 g/mol. The molecule has 0 heterocycles. The van der Waals surface area contributed by atoms with Crippen molar-refractivity contribution in [3.63, 3.8) is 0 Å². The second-order valence-electron chi connectivity index (χ2n) is 12.9. The highest BCUT2D eigenvalue weighted by atomic mass is 16.5. The van der Waals surface area contributed by atoms with Crippen LogP contribution in [0.1, 0.15) is 54.5 Å². The van der Waals surface area contributed by atoms with Gasteiger partial charge in [-0.2, -0.15) is 0 Å². The molecule has 4 N–H and O–H groups in total. The summed E-state index contributed by atoms with van der Waals surface area (Å²) < 4.78 is 0. The van der Waals surface area contributed by atoms with Crippen LogP contribution < -0.4 is 10.8 Å². The number of nitrogens with zero attached hydrogens (tertiary/aromatic N) is 2. The third kappa shape index (κ3) is 9.15. The van der Waals surface area contributed by atoms with E-state index >= 15 is 0 Å². The van der Waals surface area contributed by atoms with Crippen LogP contribution in [0.15, 0.2) is 109 Å².